The third-order valence-corrected chi connectivity index (χ3v) is 1.74. The number of hydrogen-bond donors (Lipinski definition) is 2. The van der Waals surface area contributed by atoms with Gasteiger partial charge in [-0.2, -0.15) is 0 Å². The summed E-state index contributed by atoms with van der Waals surface area (Å²) >= 11 is 5.53. The second kappa shape index (κ2) is 4.60. The maximum absolute atomic E-state index is 10.3. The summed E-state index contributed by atoms with van der Waals surface area (Å²) in [5.41, 5.74) is 0. The third kappa shape index (κ3) is 4.87. The average molecular weight is 227 g/mol. The summed E-state index contributed by atoms with van der Waals surface area (Å²) in [4.78, 5) is 16.8. The maximum atomic E-state index is 10.3. The van der Waals surface area contributed by atoms with Gasteiger partial charge in [0.25, 0.3) is 0 Å². The molecule has 0 unspecified atom stereocenters. The van der Waals surface area contributed by atoms with E-state index in [0.29, 0.717) is 5.02 Å². The Hall–Kier alpha value is -0.580. The summed E-state index contributed by atoms with van der Waals surface area (Å²) in [6, 6.07) is 5.71. The van der Waals surface area contributed by atoms with Crippen molar-refractivity contribution in [2.75, 3.05) is 0 Å². The standard InChI is InChI=1S/C6H6ClO4P.H2O/c7-5-1-3-6(4-2-5)11-12(8,9)10;/h1-4H,(H2,8,9,10);1H2. The molecule has 0 heterocycles. The molecular formula is C6H8ClO5P. The molecule has 0 fully saturated rings. The van der Waals surface area contributed by atoms with Crippen LogP contribution in [0.3, 0.4) is 0 Å². The van der Waals surface area contributed by atoms with Crippen molar-refractivity contribution in [3.8, 4) is 5.75 Å². The molecule has 7 heteroatoms. The first kappa shape index (κ1) is 12.4. The van der Waals surface area contributed by atoms with E-state index in [-0.39, 0.29) is 11.2 Å². The van der Waals surface area contributed by atoms with E-state index < -0.39 is 7.82 Å². The van der Waals surface area contributed by atoms with Crippen molar-refractivity contribution < 1.29 is 24.4 Å². The summed E-state index contributed by atoms with van der Waals surface area (Å²) in [6.07, 6.45) is 0. The van der Waals surface area contributed by atoms with E-state index >= 15 is 0 Å². The molecule has 0 amide bonds. The minimum atomic E-state index is -4.45. The Bertz CT molecular complexity index is 305. The van der Waals surface area contributed by atoms with E-state index in [4.69, 9.17) is 21.4 Å². The highest BCUT2D eigenvalue weighted by Gasteiger charge is 2.14. The van der Waals surface area contributed by atoms with Gasteiger partial charge in [-0.15, -0.1) is 0 Å². The molecule has 4 N–H and O–H groups in total. The van der Waals surface area contributed by atoms with Gasteiger partial charge in [0.1, 0.15) is 5.75 Å². The van der Waals surface area contributed by atoms with Crippen LogP contribution in [0, 0.1) is 0 Å². The fraction of sp³-hybridized carbons (Fsp3) is 0. The highest BCUT2D eigenvalue weighted by molar-refractivity contribution is 7.46. The van der Waals surface area contributed by atoms with Crippen LogP contribution in [0.25, 0.3) is 0 Å². The minimum absolute atomic E-state index is 0. The van der Waals surface area contributed by atoms with E-state index in [9.17, 15) is 4.57 Å². The molecule has 0 aliphatic heterocycles. The van der Waals surface area contributed by atoms with Gasteiger partial charge in [-0.05, 0) is 24.3 Å². The highest BCUT2D eigenvalue weighted by Crippen LogP contribution is 2.37. The first-order valence-electron chi connectivity index (χ1n) is 2.98. The lowest BCUT2D eigenvalue weighted by Crippen LogP contribution is -1.89. The number of benzene rings is 1. The molecule has 0 spiro atoms. The molecule has 1 aromatic carbocycles. The molecule has 0 aliphatic carbocycles. The van der Waals surface area contributed by atoms with Gasteiger partial charge in [-0.3, -0.25) is 9.79 Å². The van der Waals surface area contributed by atoms with Crippen LogP contribution in [0.1, 0.15) is 0 Å². The number of halogens is 1. The lowest BCUT2D eigenvalue weighted by molar-refractivity contribution is 0.283. The fourth-order valence-corrected chi connectivity index (χ4v) is 1.16. The van der Waals surface area contributed by atoms with Crippen LogP contribution in [0.15, 0.2) is 24.3 Å². The molecular weight excluding hydrogens is 218 g/mol. The van der Waals surface area contributed by atoms with Crippen LogP contribution >= 0.6 is 19.4 Å². The van der Waals surface area contributed by atoms with Crippen LogP contribution < -0.4 is 4.52 Å². The number of rotatable bonds is 2. The molecule has 74 valence electrons. The van der Waals surface area contributed by atoms with Crippen LogP contribution in [0.5, 0.6) is 5.75 Å². The van der Waals surface area contributed by atoms with Crippen molar-refractivity contribution in [1.29, 1.82) is 0 Å². The van der Waals surface area contributed by atoms with Crippen molar-refractivity contribution in [1.82, 2.24) is 0 Å². The topological polar surface area (TPSA) is 98.3 Å². The van der Waals surface area contributed by atoms with Gasteiger partial charge in [0.05, 0.1) is 0 Å². The monoisotopic (exact) mass is 226 g/mol. The van der Waals surface area contributed by atoms with Crippen molar-refractivity contribution in [2.24, 2.45) is 0 Å². The molecule has 0 bridgehead atoms. The van der Waals surface area contributed by atoms with Crippen LogP contribution in [-0.4, -0.2) is 15.3 Å². The molecule has 1 aromatic rings. The van der Waals surface area contributed by atoms with Crippen LogP contribution in [0.2, 0.25) is 5.02 Å². The Morgan fingerprint density at radius 3 is 2.08 bits per heavy atom. The zero-order valence-corrected chi connectivity index (χ0v) is 8.00. The summed E-state index contributed by atoms with van der Waals surface area (Å²) in [6.45, 7) is 0. The maximum Gasteiger partial charge on any atom is 0.524 e. The predicted molar refractivity (Wildman–Crippen MR) is 47.7 cm³/mol. The SMILES string of the molecule is O.O=P(O)(O)Oc1ccc(Cl)cc1. The quantitative estimate of drug-likeness (QED) is 0.735. The van der Waals surface area contributed by atoms with E-state index in [1.807, 2.05) is 0 Å². The lowest BCUT2D eigenvalue weighted by Gasteiger charge is -2.05. The van der Waals surface area contributed by atoms with Gasteiger partial charge in [0, 0.05) is 5.02 Å². The van der Waals surface area contributed by atoms with E-state index in [1.54, 1.807) is 0 Å². The lowest BCUT2D eigenvalue weighted by atomic mass is 10.3. The fourth-order valence-electron chi connectivity index (χ4n) is 0.633. The summed E-state index contributed by atoms with van der Waals surface area (Å²) in [7, 11) is -4.45. The first-order valence-corrected chi connectivity index (χ1v) is 4.89. The molecule has 0 saturated carbocycles. The Balaban J connectivity index is 0.00000144. The van der Waals surface area contributed by atoms with Crippen LogP contribution in [-0.2, 0) is 4.57 Å². The summed E-state index contributed by atoms with van der Waals surface area (Å²) in [5.74, 6) is 0.0905. The smallest absolute Gasteiger partial charge is 0.412 e. The average Bonchev–Trinajstić information content (AvgIpc) is 1.91. The Kier molecular flexibility index (Phi) is 4.39. The molecule has 0 radical (unpaired) electrons. The minimum Gasteiger partial charge on any atom is -0.412 e. The second-order valence-corrected chi connectivity index (χ2v) is 3.64. The third-order valence-electron chi connectivity index (χ3n) is 1.04. The second-order valence-electron chi connectivity index (χ2n) is 2.04. The predicted octanol–water partition coefficient (Wildman–Crippen LogP) is 0.987. The summed E-state index contributed by atoms with van der Waals surface area (Å²) in [5, 5.41) is 0.480. The normalized spacial score (nSPS) is 10.4. The Morgan fingerprint density at radius 2 is 1.69 bits per heavy atom. The molecule has 0 aliphatic rings. The van der Waals surface area contributed by atoms with Crippen molar-refractivity contribution in [3.05, 3.63) is 29.3 Å². The van der Waals surface area contributed by atoms with Gasteiger partial charge in [-0.25, -0.2) is 4.57 Å². The largest absolute Gasteiger partial charge is 0.524 e. The van der Waals surface area contributed by atoms with Gasteiger partial charge >= 0.3 is 7.82 Å². The number of phosphoric ester groups is 1. The molecule has 0 aromatic heterocycles. The van der Waals surface area contributed by atoms with Crippen molar-refractivity contribution >= 4 is 19.4 Å². The van der Waals surface area contributed by atoms with Gasteiger partial charge in [0.15, 0.2) is 0 Å². The molecule has 0 saturated heterocycles. The number of phosphoric acid groups is 1. The Labute approximate surface area is 79.5 Å². The van der Waals surface area contributed by atoms with E-state index in [2.05, 4.69) is 4.52 Å². The Morgan fingerprint density at radius 1 is 1.23 bits per heavy atom. The zero-order chi connectivity index (χ0) is 9.19. The van der Waals surface area contributed by atoms with Gasteiger partial charge in [0.2, 0.25) is 0 Å². The van der Waals surface area contributed by atoms with Gasteiger partial charge < -0.3 is 10.00 Å². The number of hydrogen-bond acceptors (Lipinski definition) is 2. The van der Waals surface area contributed by atoms with E-state index in [1.165, 1.54) is 24.3 Å². The first-order chi connectivity index (χ1) is 5.47. The summed E-state index contributed by atoms with van der Waals surface area (Å²) < 4.78 is 14.6. The van der Waals surface area contributed by atoms with E-state index in [0.717, 1.165) is 0 Å². The van der Waals surface area contributed by atoms with Crippen LogP contribution in [0.4, 0.5) is 0 Å². The van der Waals surface area contributed by atoms with Gasteiger partial charge in [-0.1, -0.05) is 11.6 Å². The van der Waals surface area contributed by atoms with Crippen molar-refractivity contribution in [2.45, 2.75) is 0 Å². The molecule has 13 heavy (non-hydrogen) atoms. The molecule has 1 rings (SSSR count). The zero-order valence-electron chi connectivity index (χ0n) is 6.35. The highest BCUT2D eigenvalue weighted by atomic mass is 35.5. The molecule has 5 nitrogen and oxygen atoms in total. The van der Waals surface area contributed by atoms with Crippen molar-refractivity contribution in [3.63, 3.8) is 0 Å². The molecule has 0 atom stereocenters.